The molecule has 0 heterocycles. The van der Waals surface area contributed by atoms with E-state index in [1.165, 1.54) is 12.3 Å². The molecular weight excluding hydrogens is 438 g/mol. The number of para-hydroxylation sites is 1. The molecule has 0 bridgehead atoms. The number of hydrogen-bond donors (Lipinski definition) is 1. The van der Waals surface area contributed by atoms with E-state index < -0.39 is 10.8 Å². The van der Waals surface area contributed by atoms with Gasteiger partial charge in [-0.1, -0.05) is 40.2 Å². The van der Waals surface area contributed by atoms with Gasteiger partial charge in [0.05, 0.1) is 16.7 Å². The third kappa shape index (κ3) is 5.73. The summed E-state index contributed by atoms with van der Waals surface area (Å²) < 4.78 is 6.70. The fraction of sp³-hybridized carbons (Fsp3) is 0.0476. The van der Waals surface area contributed by atoms with Gasteiger partial charge < -0.3 is 4.74 Å². The highest BCUT2D eigenvalue weighted by Gasteiger charge is 2.10. The molecule has 0 saturated heterocycles. The molecule has 0 saturated carbocycles. The number of halogens is 1. The minimum atomic E-state index is -0.504. The predicted molar refractivity (Wildman–Crippen MR) is 113 cm³/mol. The number of nitro benzene ring substituents is 1. The van der Waals surface area contributed by atoms with Gasteiger partial charge >= 0.3 is 0 Å². The van der Waals surface area contributed by atoms with Crippen LogP contribution in [0.25, 0.3) is 0 Å². The molecule has 0 aromatic heterocycles. The Kier molecular flexibility index (Phi) is 6.70. The van der Waals surface area contributed by atoms with Gasteiger partial charge in [-0.3, -0.25) is 14.9 Å². The second-order valence-electron chi connectivity index (χ2n) is 5.95. The summed E-state index contributed by atoms with van der Waals surface area (Å²) in [5.41, 5.74) is 3.99. The first kappa shape index (κ1) is 20.2. The van der Waals surface area contributed by atoms with Crippen LogP contribution in [0.15, 0.2) is 82.4 Å². The Balaban J connectivity index is 1.56. The standard InChI is InChI=1S/C21H16BrN3O4/c22-18-9-5-15(6-10-18)14-29-19-11-7-16(8-12-19)21(26)24-23-13-17-3-1-2-4-20(17)25(27)28/h1-13H,14H2,(H,24,26)/b23-13-. The van der Waals surface area contributed by atoms with Gasteiger partial charge in [0.15, 0.2) is 0 Å². The maximum absolute atomic E-state index is 12.2. The lowest BCUT2D eigenvalue weighted by atomic mass is 10.2. The van der Waals surface area contributed by atoms with Crippen molar-refractivity contribution in [1.29, 1.82) is 0 Å². The van der Waals surface area contributed by atoms with Crippen LogP contribution in [-0.2, 0) is 6.61 Å². The Morgan fingerprint density at radius 2 is 1.76 bits per heavy atom. The summed E-state index contributed by atoms with van der Waals surface area (Å²) in [6.45, 7) is 0.416. The summed E-state index contributed by atoms with van der Waals surface area (Å²) >= 11 is 3.39. The largest absolute Gasteiger partial charge is 0.489 e. The summed E-state index contributed by atoms with van der Waals surface area (Å²) in [6, 6.07) is 20.6. The van der Waals surface area contributed by atoms with Crippen LogP contribution in [0.4, 0.5) is 5.69 Å². The smallest absolute Gasteiger partial charge is 0.278 e. The molecule has 3 aromatic rings. The normalized spacial score (nSPS) is 10.7. The summed E-state index contributed by atoms with van der Waals surface area (Å²) in [4.78, 5) is 22.6. The van der Waals surface area contributed by atoms with Crippen molar-refractivity contribution >= 4 is 33.7 Å². The van der Waals surface area contributed by atoms with E-state index in [2.05, 4.69) is 26.5 Å². The maximum Gasteiger partial charge on any atom is 0.278 e. The van der Waals surface area contributed by atoms with Crippen molar-refractivity contribution in [3.05, 3.63) is 104 Å². The van der Waals surface area contributed by atoms with Crippen LogP contribution in [-0.4, -0.2) is 17.0 Å². The van der Waals surface area contributed by atoms with E-state index in [1.54, 1.807) is 42.5 Å². The summed E-state index contributed by atoms with van der Waals surface area (Å²) in [7, 11) is 0. The molecule has 0 spiro atoms. The Morgan fingerprint density at radius 1 is 1.07 bits per heavy atom. The zero-order valence-corrected chi connectivity index (χ0v) is 16.7. The topological polar surface area (TPSA) is 93.8 Å². The molecule has 29 heavy (non-hydrogen) atoms. The molecule has 7 nitrogen and oxygen atoms in total. The van der Waals surface area contributed by atoms with Gasteiger partial charge in [0.25, 0.3) is 11.6 Å². The molecule has 146 valence electrons. The average Bonchev–Trinajstić information content (AvgIpc) is 2.74. The number of benzene rings is 3. The van der Waals surface area contributed by atoms with E-state index in [0.717, 1.165) is 10.0 Å². The van der Waals surface area contributed by atoms with E-state index in [4.69, 9.17) is 4.74 Å². The molecule has 0 aliphatic carbocycles. The van der Waals surface area contributed by atoms with Crippen LogP contribution < -0.4 is 10.2 Å². The first-order valence-electron chi connectivity index (χ1n) is 8.57. The first-order chi connectivity index (χ1) is 14.0. The van der Waals surface area contributed by atoms with Crippen LogP contribution in [0.5, 0.6) is 5.75 Å². The van der Waals surface area contributed by atoms with Gasteiger partial charge in [-0.25, -0.2) is 5.43 Å². The van der Waals surface area contributed by atoms with Gasteiger partial charge in [-0.2, -0.15) is 5.10 Å². The Hall–Kier alpha value is -3.52. The van der Waals surface area contributed by atoms with Crippen LogP contribution >= 0.6 is 15.9 Å². The van der Waals surface area contributed by atoms with Crippen molar-refractivity contribution < 1.29 is 14.5 Å². The molecule has 3 rings (SSSR count). The third-order valence-corrected chi connectivity index (χ3v) is 4.47. The van der Waals surface area contributed by atoms with Gasteiger partial charge in [0, 0.05) is 16.1 Å². The average molecular weight is 454 g/mol. The molecule has 0 radical (unpaired) electrons. The molecule has 1 amide bonds. The predicted octanol–water partition coefficient (Wildman–Crippen LogP) is 4.70. The lowest BCUT2D eigenvalue weighted by Gasteiger charge is -2.07. The van der Waals surface area contributed by atoms with Crippen molar-refractivity contribution in [2.75, 3.05) is 0 Å². The second kappa shape index (κ2) is 9.61. The van der Waals surface area contributed by atoms with Crippen LogP contribution in [0.2, 0.25) is 0 Å². The lowest BCUT2D eigenvalue weighted by Crippen LogP contribution is -2.17. The number of nitrogens with zero attached hydrogens (tertiary/aromatic N) is 2. The Bertz CT molecular complexity index is 1030. The summed E-state index contributed by atoms with van der Waals surface area (Å²) in [6.07, 6.45) is 1.24. The zero-order chi connectivity index (χ0) is 20.6. The van der Waals surface area contributed by atoms with Crippen LogP contribution in [0, 0.1) is 10.1 Å². The first-order valence-corrected chi connectivity index (χ1v) is 9.36. The fourth-order valence-electron chi connectivity index (χ4n) is 2.44. The van der Waals surface area contributed by atoms with Gasteiger partial charge in [0.1, 0.15) is 12.4 Å². The lowest BCUT2D eigenvalue weighted by molar-refractivity contribution is -0.385. The van der Waals surface area contributed by atoms with E-state index >= 15 is 0 Å². The summed E-state index contributed by atoms with van der Waals surface area (Å²) in [5.74, 6) is 0.201. The van der Waals surface area contributed by atoms with Crippen molar-refractivity contribution in [2.45, 2.75) is 6.61 Å². The third-order valence-electron chi connectivity index (χ3n) is 3.94. The number of carbonyl (C=O) groups excluding carboxylic acids is 1. The van der Waals surface area contributed by atoms with E-state index in [-0.39, 0.29) is 5.69 Å². The quantitative estimate of drug-likeness (QED) is 0.318. The van der Waals surface area contributed by atoms with Gasteiger partial charge in [0.2, 0.25) is 0 Å². The monoisotopic (exact) mass is 453 g/mol. The number of nitro groups is 1. The number of carbonyl (C=O) groups is 1. The van der Waals surface area contributed by atoms with Crippen molar-refractivity contribution in [3.8, 4) is 5.75 Å². The van der Waals surface area contributed by atoms with E-state index in [1.807, 2.05) is 24.3 Å². The highest BCUT2D eigenvalue weighted by Crippen LogP contribution is 2.17. The molecular formula is C21H16BrN3O4. The maximum atomic E-state index is 12.2. The molecule has 0 unspecified atom stereocenters. The van der Waals surface area contributed by atoms with E-state index in [0.29, 0.717) is 23.5 Å². The summed E-state index contributed by atoms with van der Waals surface area (Å²) in [5, 5.41) is 14.8. The van der Waals surface area contributed by atoms with Gasteiger partial charge in [-0.15, -0.1) is 0 Å². The van der Waals surface area contributed by atoms with Crippen LogP contribution in [0.1, 0.15) is 21.5 Å². The van der Waals surface area contributed by atoms with Crippen molar-refractivity contribution in [2.24, 2.45) is 5.10 Å². The number of hydrogen-bond acceptors (Lipinski definition) is 5. The Morgan fingerprint density at radius 3 is 2.45 bits per heavy atom. The Labute approximate surface area is 175 Å². The molecule has 0 atom stereocenters. The fourth-order valence-corrected chi connectivity index (χ4v) is 2.70. The molecule has 0 aliphatic rings. The molecule has 3 aromatic carbocycles. The number of amides is 1. The van der Waals surface area contributed by atoms with E-state index in [9.17, 15) is 14.9 Å². The molecule has 8 heteroatoms. The second-order valence-corrected chi connectivity index (χ2v) is 6.87. The number of nitrogens with one attached hydrogen (secondary N) is 1. The van der Waals surface area contributed by atoms with Crippen molar-refractivity contribution in [3.63, 3.8) is 0 Å². The minimum absolute atomic E-state index is 0.0854. The van der Waals surface area contributed by atoms with Crippen LogP contribution in [0.3, 0.4) is 0 Å². The molecule has 0 aliphatic heterocycles. The number of rotatable bonds is 7. The zero-order valence-electron chi connectivity index (χ0n) is 15.1. The number of hydrazone groups is 1. The SMILES string of the molecule is O=C(N/N=C\c1ccccc1[N+](=O)[O-])c1ccc(OCc2ccc(Br)cc2)cc1. The number of ether oxygens (including phenoxy) is 1. The highest BCUT2D eigenvalue weighted by atomic mass is 79.9. The minimum Gasteiger partial charge on any atom is -0.489 e. The van der Waals surface area contributed by atoms with Gasteiger partial charge in [-0.05, 0) is 48.0 Å². The van der Waals surface area contributed by atoms with Crippen molar-refractivity contribution in [1.82, 2.24) is 5.43 Å². The molecule has 1 N–H and O–H groups in total. The highest BCUT2D eigenvalue weighted by molar-refractivity contribution is 9.10. The molecule has 0 fully saturated rings.